The highest BCUT2D eigenvalue weighted by molar-refractivity contribution is 9.11. The molecule has 1 heterocycles. The monoisotopic (exact) mass is 466 g/mol. The normalized spacial score (nSPS) is 11.1. The number of rotatable bonds is 5. The highest BCUT2D eigenvalue weighted by atomic mass is 79.9. The maximum Gasteiger partial charge on any atom is 0.216 e. The van der Waals surface area contributed by atoms with Gasteiger partial charge in [-0.1, -0.05) is 46.3 Å². The summed E-state index contributed by atoms with van der Waals surface area (Å²) in [7, 11) is 0. The number of halogens is 2. The van der Waals surface area contributed by atoms with E-state index in [1.807, 2.05) is 42.5 Å². The van der Waals surface area contributed by atoms with Gasteiger partial charge in [0.25, 0.3) is 0 Å². The van der Waals surface area contributed by atoms with Gasteiger partial charge in [0, 0.05) is 10.0 Å². The van der Waals surface area contributed by atoms with Crippen LogP contribution in [0.1, 0.15) is 11.1 Å². The van der Waals surface area contributed by atoms with Gasteiger partial charge in [-0.15, -0.1) is 0 Å². The van der Waals surface area contributed by atoms with Gasteiger partial charge in [-0.2, -0.15) is 14.9 Å². The molecule has 1 N–H and O–H groups in total. The Bertz CT molecular complexity index is 921. The first-order valence-corrected chi connectivity index (χ1v) is 8.95. The molecule has 122 valence electrons. The second kappa shape index (κ2) is 7.87. The predicted octanol–water partition coefficient (Wildman–Crippen LogP) is 4.93. The molecule has 0 saturated heterocycles. The Kier molecular flexibility index (Phi) is 5.60. The van der Waals surface area contributed by atoms with Crippen molar-refractivity contribution in [3.05, 3.63) is 73.6 Å². The summed E-state index contributed by atoms with van der Waals surface area (Å²) in [6.07, 6.45) is 3.19. The van der Waals surface area contributed by atoms with E-state index >= 15 is 0 Å². The van der Waals surface area contributed by atoms with Crippen molar-refractivity contribution in [1.82, 2.24) is 14.9 Å². The minimum Gasteiger partial charge on any atom is -0.487 e. The van der Waals surface area contributed by atoms with Crippen LogP contribution >= 0.6 is 44.1 Å². The molecule has 0 saturated carbocycles. The topological polar surface area (TPSA) is 55.2 Å². The van der Waals surface area contributed by atoms with Crippen LogP contribution in [-0.4, -0.2) is 21.1 Å². The van der Waals surface area contributed by atoms with Crippen LogP contribution in [0.5, 0.6) is 5.75 Å². The number of ether oxygens (including phenoxy) is 1. The van der Waals surface area contributed by atoms with Crippen molar-refractivity contribution >= 4 is 50.3 Å². The molecule has 5 nitrogen and oxygen atoms in total. The summed E-state index contributed by atoms with van der Waals surface area (Å²) in [5, 5.41) is 10.8. The summed E-state index contributed by atoms with van der Waals surface area (Å²) in [6.45, 7) is 0.465. The largest absolute Gasteiger partial charge is 0.487 e. The third-order valence-corrected chi connectivity index (χ3v) is 4.44. The molecule has 0 amide bonds. The zero-order chi connectivity index (χ0) is 16.9. The van der Waals surface area contributed by atoms with Crippen LogP contribution in [0.15, 0.2) is 62.8 Å². The molecule has 0 spiro atoms. The van der Waals surface area contributed by atoms with E-state index in [0.717, 1.165) is 20.1 Å². The molecule has 3 rings (SSSR count). The number of aromatic amines is 1. The lowest BCUT2D eigenvalue weighted by molar-refractivity contribution is 0.304. The fraction of sp³-hybridized carbons (Fsp3) is 0.0625. The van der Waals surface area contributed by atoms with Crippen molar-refractivity contribution in [2.45, 2.75) is 6.61 Å². The Hall–Kier alpha value is -1.77. The zero-order valence-electron chi connectivity index (χ0n) is 12.3. The summed E-state index contributed by atoms with van der Waals surface area (Å²) in [4.78, 5) is 0. The van der Waals surface area contributed by atoms with Gasteiger partial charge in [-0.3, -0.25) is 5.10 Å². The molecule has 0 radical (unpaired) electrons. The molecule has 0 bridgehead atoms. The number of benzene rings is 2. The molecule has 0 atom stereocenters. The number of hydrogen-bond acceptors (Lipinski definition) is 4. The van der Waals surface area contributed by atoms with Crippen LogP contribution in [-0.2, 0) is 6.61 Å². The Labute approximate surface area is 160 Å². The summed E-state index contributed by atoms with van der Waals surface area (Å²) in [5.41, 5.74) is 1.91. The summed E-state index contributed by atoms with van der Waals surface area (Å²) < 4.78 is 9.65. The maximum atomic E-state index is 5.99. The van der Waals surface area contributed by atoms with E-state index in [1.54, 1.807) is 6.21 Å². The van der Waals surface area contributed by atoms with E-state index in [0.29, 0.717) is 17.1 Å². The van der Waals surface area contributed by atoms with Crippen LogP contribution < -0.4 is 4.74 Å². The number of nitrogens with zero attached hydrogens (tertiary/aromatic N) is 3. The van der Waals surface area contributed by atoms with Crippen LogP contribution in [0.25, 0.3) is 0 Å². The van der Waals surface area contributed by atoms with Crippen molar-refractivity contribution in [3.63, 3.8) is 0 Å². The summed E-state index contributed by atoms with van der Waals surface area (Å²) in [5.74, 6) is 0.709. The quantitative estimate of drug-likeness (QED) is 0.427. The smallest absolute Gasteiger partial charge is 0.216 e. The van der Waals surface area contributed by atoms with Gasteiger partial charge in [-0.25, -0.2) is 0 Å². The first kappa shape index (κ1) is 17.1. The van der Waals surface area contributed by atoms with Gasteiger partial charge < -0.3 is 4.74 Å². The van der Waals surface area contributed by atoms with Crippen molar-refractivity contribution in [2.24, 2.45) is 5.10 Å². The molecule has 0 fully saturated rings. The molecule has 0 aliphatic carbocycles. The highest BCUT2D eigenvalue weighted by Gasteiger charge is 2.09. The van der Waals surface area contributed by atoms with Gasteiger partial charge in [0.2, 0.25) is 4.77 Å². The van der Waals surface area contributed by atoms with Crippen molar-refractivity contribution in [2.75, 3.05) is 0 Å². The fourth-order valence-corrected chi connectivity index (χ4v) is 3.53. The van der Waals surface area contributed by atoms with Gasteiger partial charge in [0.15, 0.2) is 0 Å². The molecule has 24 heavy (non-hydrogen) atoms. The fourth-order valence-electron chi connectivity index (χ4n) is 2.01. The lowest BCUT2D eigenvalue weighted by Crippen LogP contribution is -2.00. The molecule has 0 aliphatic rings. The van der Waals surface area contributed by atoms with Crippen LogP contribution in [0.2, 0.25) is 0 Å². The Morgan fingerprint density at radius 2 is 2.04 bits per heavy atom. The predicted molar refractivity (Wildman–Crippen MR) is 103 cm³/mol. The Morgan fingerprint density at radius 1 is 1.25 bits per heavy atom. The van der Waals surface area contributed by atoms with E-state index < -0.39 is 0 Å². The molecule has 0 aliphatic heterocycles. The maximum absolute atomic E-state index is 5.99. The van der Waals surface area contributed by atoms with E-state index in [4.69, 9.17) is 17.0 Å². The third-order valence-electron chi connectivity index (χ3n) is 3.12. The van der Waals surface area contributed by atoms with E-state index in [1.165, 1.54) is 11.0 Å². The average Bonchev–Trinajstić information content (AvgIpc) is 2.98. The summed E-state index contributed by atoms with van der Waals surface area (Å²) in [6, 6.07) is 13.8. The van der Waals surface area contributed by atoms with Crippen molar-refractivity contribution in [3.8, 4) is 5.75 Å². The van der Waals surface area contributed by atoms with Gasteiger partial charge in [0.05, 0.1) is 10.7 Å². The first-order chi connectivity index (χ1) is 11.6. The second-order valence-corrected chi connectivity index (χ2v) is 6.99. The van der Waals surface area contributed by atoms with E-state index in [-0.39, 0.29) is 0 Å². The number of aromatic nitrogens is 3. The molecule has 1 aromatic heterocycles. The Balaban J connectivity index is 1.89. The molecular formula is C16H12Br2N4OS. The second-order valence-electron chi connectivity index (χ2n) is 4.83. The molecule has 3 aromatic rings. The lowest BCUT2D eigenvalue weighted by Gasteiger charge is -2.12. The van der Waals surface area contributed by atoms with Gasteiger partial charge >= 0.3 is 0 Å². The lowest BCUT2D eigenvalue weighted by atomic mass is 10.2. The van der Waals surface area contributed by atoms with Crippen molar-refractivity contribution in [1.29, 1.82) is 0 Å². The first-order valence-electron chi connectivity index (χ1n) is 6.95. The molecule has 8 heteroatoms. The number of nitrogens with one attached hydrogen (secondary N) is 1. The van der Waals surface area contributed by atoms with Crippen LogP contribution in [0.4, 0.5) is 0 Å². The van der Waals surface area contributed by atoms with Crippen LogP contribution in [0.3, 0.4) is 0 Å². The SMILES string of the molecule is S=c1[nH]ncn1/N=C\c1cc(Br)cc(Br)c1OCc1ccccc1. The van der Waals surface area contributed by atoms with Crippen molar-refractivity contribution < 1.29 is 4.74 Å². The minimum absolute atomic E-state index is 0.423. The number of hydrogen-bond donors (Lipinski definition) is 1. The van der Waals surface area contributed by atoms with Gasteiger partial charge in [-0.05, 0) is 45.8 Å². The van der Waals surface area contributed by atoms with Gasteiger partial charge in [0.1, 0.15) is 18.7 Å². The molecule has 2 aromatic carbocycles. The Morgan fingerprint density at radius 3 is 2.75 bits per heavy atom. The zero-order valence-corrected chi connectivity index (χ0v) is 16.3. The highest BCUT2D eigenvalue weighted by Crippen LogP contribution is 2.32. The van der Waals surface area contributed by atoms with E-state index in [2.05, 4.69) is 47.2 Å². The summed E-state index contributed by atoms with van der Waals surface area (Å²) >= 11 is 12.1. The number of H-pyrrole nitrogens is 1. The minimum atomic E-state index is 0.423. The average molecular weight is 468 g/mol. The standard InChI is InChI=1S/C16H12Br2N4OS/c17-13-6-12(8-20-22-10-19-21-16(22)24)15(14(18)7-13)23-9-11-4-2-1-3-5-11/h1-8,10H,9H2,(H,21,24)/b20-8-. The third kappa shape index (κ3) is 4.19. The van der Waals surface area contributed by atoms with Crippen LogP contribution in [0, 0.1) is 4.77 Å². The molecular weight excluding hydrogens is 456 g/mol. The van der Waals surface area contributed by atoms with E-state index in [9.17, 15) is 0 Å². The molecule has 0 unspecified atom stereocenters.